The summed E-state index contributed by atoms with van der Waals surface area (Å²) in [7, 11) is 0. The Labute approximate surface area is 140 Å². The van der Waals surface area contributed by atoms with Gasteiger partial charge in [0.1, 0.15) is 9.75 Å². The van der Waals surface area contributed by atoms with Crippen molar-refractivity contribution in [3.63, 3.8) is 0 Å². The van der Waals surface area contributed by atoms with Gasteiger partial charge in [0.15, 0.2) is 4.33 Å². The molecule has 0 N–H and O–H groups in total. The van der Waals surface area contributed by atoms with Crippen LogP contribution in [-0.4, -0.2) is 26.3 Å². The third-order valence-corrected chi connectivity index (χ3v) is 10.2. The van der Waals surface area contributed by atoms with E-state index in [1.54, 1.807) is 0 Å². The van der Waals surface area contributed by atoms with E-state index < -0.39 is 14.1 Å². The summed E-state index contributed by atoms with van der Waals surface area (Å²) >= 11 is 39.5. The molecule has 104 valence electrons. The van der Waals surface area contributed by atoms with E-state index >= 15 is 0 Å². The molecular formula is C12H8Cl6O. The van der Waals surface area contributed by atoms with E-state index in [1.807, 2.05) is 0 Å². The van der Waals surface area contributed by atoms with Crippen LogP contribution in [0.25, 0.3) is 0 Å². The van der Waals surface area contributed by atoms with Gasteiger partial charge in [-0.25, -0.2) is 0 Å². The highest BCUT2D eigenvalue weighted by atomic mass is 35.5. The predicted molar refractivity (Wildman–Crippen MR) is 77.6 cm³/mol. The Morgan fingerprint density at radius 3 is 1.68 bits per heavy atom. The molecule has 0 unspecified atom stereocenters. The molecule has 0 spiro atoms. The topological polar surface area (TPSA) is 12.5 Å². The number of alkyl halides is 4. The van der Waals surface area contributed by atoms with Gasteiger partial charge in [-0.3, -0.25) is 0 Å². The van der Waals surface area contributed by atoms with Crippen molar-refractivity contribution < 1.29 is 4.74 Å². The molecular weight excluding hydrogens is 373 g/mol. The first-order chi connectivity index (χ1) is 8.78. The number of epoxide rings is 1. The third-order valence-electron chi connectivity index (χ3n) is 5.92. The molecule has 0 amide bonds. The lowest BCUT2D eigenvalue weighted by Gasteiger charge is -2.38. The summed E-state index contributed by atoms with van der Waals surface area (Å²) < 4.78 is 4.35. The zero-order valence-electron chi connectivity index (χ0n) is 9.35. The van der Waals surface area contributed by atoms with Gasteiger partial charge in [-0.05, 0) is 30.1 Å². The monoisotopic (exact) mass is 378 g/mol. The summed E-state index contributed by atoms with van der Waals surface area (Å²) in [4.78, 5) is -2.17. The summed E-state index contributed by atoms with van der Waals surface area (Å²) in [5.41, 5.74) is 0. The van der Waals surface area contributed by atoms with Gasteiger partial charge in [0.2, 0.25) is 0 Å². The number of hydrogen-bond donors (Lipinski definition) is 0. The van der Waals surface area contributed by atoms with Crippen LogP contribution in [0.4, 0.5) is 0 Å². The van der Waals surface area contributed by atoms with Crippen LogP contribution >= 0.6 is 69.6 Å². The van der Waals surface area contributed by atoms with Gasteiger partial charge < -0.3 is 4.74 Å². The maximum Gasteiger partial charge on any atom is 0.166 e. The molecule has 0 aromatic rings. The molecule has 5 aliphatic rings. The minimum Gasteiger partial charge on any atom is -0.369 e. The van der Waals surface area contributed by atoms with Crippen LogP contribution in [0, 0.1) is 23.7 Å². The van der Waals surface area contributed by atoms with Crippen molar-refractivity contribution in [2.75, 3.05) is 0 Å². The van der Waals surface area contributed by atoms with E-state index in [1.165, 1.54) is 0 Å². The fraction of sp³-hybridized carbons (Fsp3) is 0.833. The summed E-state index contributed by atoms with van der Waals surface area (Å²) in [5.74, 6) is 0.776. The molecule has 8 atom stereocenters. The molecule has 1 heterocycles. The molecule has 1 aliphatic heterocycles. The minimum absolute atomic E-state index is 0.0467. The van der Waals surface area contributed by atoms with E-state index in [-0.39, 0.29) is 24.0 Å². The standard InChI is InChI=1S/C12H8Cl6O/c13-8-9(14)11(16)5-3-1-2(6-7(3)19-6)4(5)10(8,15)12(11,17)18/h2-7H,1H2/t2-,3-,4-,5+,6+,7+,10+,11+/m1/s1. The molecule has 4 aliphatic carbocycles. The molecule has 0 radical (unpaired) electrons. The number of fused-ring (bicyclic) bond motifs is 12. The first kappa shape index (κ1) is 12.9. The molecule has 1 nitrogen and oxygen atoms in total. The molecule has 3 saturated carbocycles. The first-order valence-electron chi connectivity index (χ1n) is 6.25. The Morgan fingerprint density at radius 2 is 1.26 bits per heavy atom. The molecule has 5 rings (SSSR count). The van der Waals surface area contributed by atoms with Crippen molar-refractivity contribution in [3.05, 3.63) is 10.1 Å². The van der Waals surface area contributed by atoms with Gasteiger partial charge in [0, 0.05) is 0 Å². The quantitative estimate of drug-likeness (QED) is 0.343. The van der Waals surface area contributed by atoms with Crippen molar-refractivity contribution in [1.29, 1.82) is 0 Å². The summed E-state index contributed by atoms with van der Waals surface area (Å²) in [6.45, 7) is 0. The maximum atomic E-state index is 6.82. The molecule has 7 heteroatoms. The van der Waals surface area contributed by atoms with E-state index in [4.69, 9.17) is 74.3 Å². The van der Waals surface area contributed by atoms with Crippen LogP contribution in [0.3, 0.4) is 0 Å². The Balaban J connectivity index is 1.80. The van der Waals surface area contributed by atoms with Crippen molar-refractivity contribution in [1.82, 2.24) is 0 Å². The van der Waals surface area contributed by atoms with E-state index in [0.717, 1.165) is 6.42 Å². The van der Waals surface area contributed by atoms with Crippen LogP contribution in [0.1, 0.15) is 6.42 Å². The highest BCUT2D eigenvalue weighted by molar-refractivity contribution is 6.65. The molecule has 0 aromatic carbocycles. The van der Waals surface area contributed by atoms with Gasteiger partial charge in [0.05, 0.1) is 22.3 Å². The van der Waals surface area contributed by atoms with Crippen LogP contribution < -0.4 is 0 Å². The van der Waals surface area contributed by atoms with Crippen LogP contribution in [0.15, 0.2) is 10.1 Å². The Hall–Kier alpha value is 1.44. The maximum absolute atomic E-state index is 6.82. The fourth-order valence-electron chi connectivity index (χ4n) is 5.30. The van der Waals surface area contributed by atoms with E-state index in [0.29, 0.717) is 21.9 Å². The van der Waals surface area contributed by atoms with Gasteiger partial charge in [-0.15, -0.1) is 23.2 Å². The van der Waals surface area contributed by atoms with Crippen molar-refractivity contribution in [2.45, 2.75) is 32.7 Å². The number of halogens is 6. The highest BCUT2D eigenvalue weighted by Crippen LogP contribution is 2.84. The zero-order chi connectivity index (χ0) is 13.5. The van der Waals surface area contributed by atoms with Gasteiger partial charge in [0.25, 0.3) is 0 Å². The van der Waals surface area contributed by atoms with E-state index in [2.05, 4.69) is 0 Å². The summed E-state index contributed by atoms with van der Waals surface area (Å²) in [6.07, 6.45) is 1.63. The fourth-order valence-corrected chi connectivity index (χ4v) is 8.43. The lowest BCUT2D eigenvalue weighted by atomic mass is 9.73. The van der Waals surface area contributed by atoms with Gasteiger partial charge >= 0.3 is 0 Å². The number of hydrogen-bond acceptors (Lipinski definition) is 1. The number of ether oxygens (including phenoxy) is 1. The van der Waals surface area contributed by atoms with Crippen LogP contribution in [-0.2, 0) is 4.74 Å². The molecule has 4 bridgehead atoms. The smallest absolute Gasteiger partial charge is 0.166 e. The largest absolute Gasteiger partial charge is 0.369 e. The Bertz CT molecular complexity index is 516. The minimum atomic E-state index is -1.37. The third kappa shape index (κ3) is 0.986. The molecule has 0 aromatic heterocycles. The lowest BCUT2D eigenvalue weighted by Crippen LogP contribution is -2.46. The Morgan fingerprint density at radius 1 is 0.842 bits per heavy atom. The lowest BCUT2D eigenvalue weighted by molar-refractivity contribution is 0.237. The molecule has 19 heavy (non-hydrogen) atoms. The van der Waals surface area contributed by atoms with Gasteiger partial charge in [-0.2, -0.15) is 0 Å². The van der Waals surface area contributed by atoms with Gasteiger partial charge in [-0.1, -0.05) is 46.4 Å². The van der Waals surface area contributed by atoms with Crippen molar-refractivity contribution >= 4 is 69.6 Å². The Kier molecular flexibility index (Phi) is 2.18. The second kappa shape index (κ2) is 3.20. The normalized spacial score (nSPS) is 66.6. The van der Waals surface area contributed by atoms with Crippen LogP contribution in [0.2, 0.25) is 0 Å². The summed E-state index contributed by atoms with van der Waals surface area (Å²) in [6, 6.07) is 0. The molecule has 1 saturated heterocycles. The second-order valence-electron chi connectivity index (χ2n) is 6.31. The SMILES string of the molecule is ClC1=C(Cl)[C@@]2(Cl)[C@H]3[C@H]4C[C@@H]([C@@H]5O[C@@H]45)[C@H]3[C@@]1(Cl)C2(Cl)Cl. The average molecular weight is 381 g/mol. The number of allylic oxidation sites excluding steroid dienone is 2. The average Bonchev–Trinajstić information content (AvgIpc) is 2.91. The highest BCUT2D eigenvalue weighted by Gasteiger charge is 2.89. The predicted octanol–water partition coefficient (Wildman–Crippen LogP) is 4.48. The number of rotatable bonds is 0. The van der Waals surface area contributed by atoms with Crippen molar-refractivity contribution in [2.24, 2.45) is 23.7 Å². The van der Waals surface area contributed by atoms with Crippen LogP contribution in [0.5, 0.6) is 0 Å². The van der Waals surface area contributed by atoms with Crippen molar-refractivity contribution in [3.8, 4) is 0 Å². The first-order valence-corrected chi connectivity index (χ1v) is 8.52. The summed E-state index contributed by atoms with van der Waals surface area (Å²) in [5, 5.41) is 0.642. The second-order valence-corrected chi connectivity index (χ2v) is 9.58. The molecule has 4 fully saturated rings. The zero-order valence-corrected chi connectivity index (χ0v) is 13.9. The van der Waals surface area contributed by atoms with E-state index in [9.17, 15) is 0 Å².